The van der Waals surface area contributed by atoms with Gasteiger partial charge in [0.15, 0.2) is 0 Å². The molecule has 0 saturated heterocycles. The van der Waals surface area contributed by atoms with E-state index >= 15 is 0 Å². The van der Waals surface area contributed by atoms with Crippen LogP contribution in [0.1, 0.15) is 0 Å². The maximum absolute atomic E-state index is 12.3. The van der Waals surface area contributed by atoms with Gasteiger partial charge in [0.2, 0.25) is 0 Å². The molecule has 13 heavy (non-hydrogen) atoms. The lowest BCUT2D eigenvalue weighted by molar-refractivity contribution is -0.0384. The first-order valence-electron chi connectivity index (χ1n) is 3.26. The molecule has 0 unspecified atom stereocenters. The van der Waals surface area contributed by atoms with Gasteiger partial charge in [-0.15, -0.1) is 13.2 Å². The van der Waals surface area contributed by atoms with Gasteiger partial charge in [0.25, 0.3) is 0 Å². The molecule has 0 bridgehead atoms. The second-order valence-electron chi connectivity index (χ2n) is 2.32. The summed E-state index contributed by atoms with van der Waals surface area (Å²) in [6.45, 7) is 0. The average Bonchev–Trinajstić information content (AvgIpc) is 2.04. The molecule has 0 fully saturated rings. The smallest absolute Gasteiger partial charge is 0.132 e. The van der Waals surface area contributed by atoms with Crippen molar-refractivity contribution in [3.8, 4) is 0 Å². The number of hydrogen-bond donors (Lipinski definition) is 0. The first-order valence-corrected chi connectivity index (χ1v) is 6.86. The second-order valence-corrected chi connectivity index (χ2v) is 7.93. The lowest BCUT2D eigenvalue weighted by atomic mass is 10.4. The third kappa shape index (κ3) is 2.28. The Kier molecular flexibility index (Phi) is 3.11. The highest BCUT2D eigenvalue weighted by atomic mass is 35.9. The summed E-state index contributed by atoms with van der Waals surface area (Å²) in [6, 6.07) is 7.11. The number of benzene rings is 1. The molecule has 72 valence electrons. The fourth-order valence-corrected chi connectivity index (χ4v) is 2.28. The van der Waals surface area contributed by atoms with Crippen molar-refractivity contribution in [1.29, 1.82) is 0 Å². The Morgan fingerprint density at radius 3 is 1.85 bits per heavy atom. The van der Waals surface area contributed by atoms with Crippen molar-refractivity contribution in [2.75, 3.05) is 0 Å². The molecule has 0 aromatic heterocycles. The van der Waals surface area contributed by atoms with Crippen LogP contribution in [0.3, 0.4) is 0 Å². The minimum absolute atomic E-state index is 0.0640. The van der Waals surface area contributed by atoms with Crippen LogP contribution in [-0.2, 0) is 0 Å². The molecule has 0 aliphatic carbocycles. The van der Waals surface area contributed by atoms with Crippen LogP contribution in [0.2, 0.25) is 0 Å². The third-order valence-corrected chi connectivity index (χ3v) is 5.30. The van der Waals surface area contributed by atoms with Gasteiger partial charge < -0.3 is 0 Å². The Labute approximate surface area is 83.6 Å². The molecule has 1 aromatic carbocycles. The van der Waals surface area contributed by atoms with E-state index in [1.807, 2.05) is 0 Å². The number of rotatable bonds is 1. The van der Waals surface area contributed by atoms with Crippen molar-refractivity contribution in [3.63, 3.8) is 0 Å². The van der Waals surface area contributed by atoms with Gasteiger partial charge in [-0.3, -0.25) is 0 Å². The van der Waals surface area contributed by atoms with E-state index in [-0.39, 0.29) is 5.30 Å². The van der Waals surface area contributed by atoms with E-state index in [4.69, 9.17) is 22.5 Å². The molecule has 0 radical (unpaired) electrons. The number of hydrogen-bond acceptors (Lipinski definition) is 0. The predicted octanol–water partition coefficient (Wildman–Crippen LogP) is 4.16. The maximum Gasteiger partial charge on any atom is 0.548 e. The zero-order valence-corrected chi connectivity index (χ0v) is 8.63. The normalized spacial score (nSPS) is 13.0. The van der Waals surface area contributed by atoms with Crippen molar-refractivity contribution in [1.82, 2.24) is 0 Å². The van der Waals surface area contributed by atoms with Gasteiger partial charge in [-0.05, 0) is 12.1 Å². The summed E-state index contributed by atoms with van der Waals surface area (Å²) in [4.78, 5) is 0. The van der Waals surface area contributed by atoms with Crippen LogP contribution in [0, 0.1) is 0 Å². The lowest BCUT2D eigenvalue weighted by Gasteiger charge is -2.11. The van der Waals surface area contributed by atoms with Gasteiger partial charge in [0.05, 0.1) is 0 Å². The van der Waals surface area contributed by atoms with Crippen molar-refractivity contribution >= 4 is 33.8 Å². The number of alkyl halides is 3. The molecule has 0 N–H and O–H groups in total. The van der Waals surface area contributed by atoms with Crippen LogP contribution in [0.5, 0.6) is 0 Å². The molecule has 1 aromatic rings. The van der Waals surface area contributed by atoms with E-state index in [1.54, 1.807) is 6.07 Å². The molecule has 6 heteroatoms. The molecular weight excluding hydrogens is 243 g/mol. The van der Waals surface area contributed by atoms with Crippen LogP contribution in [0.4, 0.5) is 13.2 Å². The summed E-state index contributed by atoms with van der Waals surface area (Å²) < 4.78 is 36.9. The fourth-order valence-electron chi connectivity index (χ4n) is 0.762. The Balaban J connectivity index is 3.08. The van der Waals surface area contributed by atoms with Gasteiger partial charge in [-0.1, -0.05) is 18.2 Å². The zero-order chi connectivity index (χ0) is 10.1. The van der Waals surface area contributed by atoms with E-state index in [1.165, 1.54) is 24.3 Å². The van der Waals surface area contributed by atoms with Crippen molar-refractivity contribution < 1.29 is 13.2 Å². The summed E-state index contributed by atoms with van der Waals surface area (Å²) in [7, 11) is 0. The molecule has 0 atom stereocenters. The summed E-state index contributed by atoms with van der Waals surface area (Å²) in [5, 5.41) is -0.0640. The molecule has 0 aliphatic rings. The molecule has 0 spiro atoms. The first-order chi connectivity index (χ1) is 5.86. The molecular formula is C7H5Cl2F3P+. The van der Waals surface area contributed by atoms with E-state index < -0.39 is 11.9 Å². The highest BCUT2D eigenvalue weighted by molar-refractivity contribution is 8.22. The fraction of sp³-hybridized carbons (Fsp3) is 0.143. The van der Waals surface area contributed by atoms with Crippen LogP contribution in [0.25, 0.3) is 0 Å². The van der Waals surface area contributed by atoms with Crippen molar-refractivity contribution in [2.24, 2.45) is 0 Å². The van der Waals surface area contributed by atoms with Crippen LogP contribution in [-0.4, -0.2) is 5.92 Å². The Morgan fingerprint density at radius 1 is 1.00 bits per heavy atom. The largest absolute Gasteiger partial charge is 0.548 e. The Hall–Kier alpha value is 0.0200. The van der Waals surface area contributed by atoms with Gasteiger partial charge in [-0.25, -0.2) is 0 Å². The van der Waals surface area contributed by atoms with Gasteiger partial charge in [0, 0.05) is 0 Å². The van der Waals surface area contributed by atoms with Crippen LogP contribution < -0.4 is 5.30 Å². The molecule has 0 heterocycles. The zero-order valence-electron chi connectivity index (χ0n) is 6.22. The summed E-state index contributed by atoms with van der Waals surface area (Å²) >= 11 is 10.6. The third-order valence-electron chi connectivity index (χ3n) is 1.40. The maximum atomic E-state index is 12.3. The molecule has 0 aliphatic heterocycles. The van der Waals surface area contributed by atoms with E-state index in [0.717, 1.165) is 0 Å². The predicted molar refractivity (Wildman–Crippen MR) is 50.8 cm³/mol. The summed E-state index contributed by atoms with van der Waals surface area (Å²) in [6.07, 6.45) is 0. The number of halogens is 5. The SMILES string of the molecule is FC(F)(F)[P+](Cl)(Cl)c1ccccc1. The molecule has 0 nitrogen and oxygen atoms in total. The topological polar surface area (TPSA) is 0 Å². The van der Waals surface area contributed by atoms with E-state index in [0.29, 0.717) is 0 Å². The molecule has 1 rings (SSSR count). The minimum Gasteiger partial charge on any atom is -0.132 e. The standard InChI is InChI=1S/C7H5Cl2F3P/c8-13(9,7(10,11)12)6-4-2-1-3-5-6/h1-5H/q+1. The van der Waals surface area contributed by atoms with Gasteiger partial charge in [-0.2, -0.15) is 0 Å². The van der Waals surface area contributed by atoms with E-state index in [9.17, 15) is 13.2 Å². The monoisotopic (exact) mass is 247 g/mol. The highest BCUT2D eigenvalue weighted by Crippen LogP contribution is 2.78. The van der Waals surface area contributed by atoms with Crippen LogP contribution in [0.15, 0.2) is 30.3 Å². The minimum atomic E-state index is -4.56. The highest BCUT2D eigenvalue weighted by Gasteiger charge is 2.65. The summed E-state index contributed by atoms with van der Waals surface area (Å²) in [5.41, 5.74) is 0. The van der Waals surface area contributed by atoms with Gasteiger partial charge in [0.1, 0.15) is 27.8 Å². The van der Waals surface area contributed by atoms with E-state index in [2.05, 4.69) is 0 Å². The first kappa shape index (κ1) is 11.1. The van der Waals surface area contributed by atoms with Gasteiger partial charge >= 0.3 is 11.9 Å². The van der Waals surface area contributed by atoms with Crippen molar-refractivity contribution in [2.45, 2.75) is 5.92 Å². The second kappa shape index (κ2) is 3.64. The van der Waals surface area contributed by atoms with Crippen molar-refractivity contribution in [3.05, 3.63) is 30.3 Å². The Bertz CT molecular complexity index is 284. The lowest BCUT2D eigenvalue weighted by Crippen LogP contribution is -2.16. The summed E-state index contributed by atoms with van der Waals surface area (Å²) in [5.74, 6) is -8.59. The molecule has 0 saturated carbocycles. The quantitative estimate of drug-likeness (QED) is 0.654. The van der Waals surface area contributed by atoms with Crippen LogP contribution >= 0.6 is 28.4 Å². The average molecular weight is 248 g/mol. The molecule has 0 amide bonds. The Morgan fingerprint density at radius 2 is 1.46 bits per heavy atom.